The molecule has 21 heavy (non-hydrogen) atoms. The zero-order valence-corrected chi connectivity index (χ0v) is 12.7. The third-order valence-corrected chi connectivity index (χ3v) is 7.59. The number of sulfone groups is 1. The summed E-state index contributed by atoms with van der Waals surface area (Å²) in [6.07, 6.45) is 5.58. The van der Waals surface area contributed by atoms with Gasteiger partial charge in [-0.1, -0.05) is 12.8 Å². The first-order valence-electron chi connectivity index (χ1n) is 7.68. The first-order valence-corrected chi connectivity index (χ1v) is 9.22. The molecule has 0 atom stereocenters. The van der Waals surface area contributed by atoms with Crippen LogP contribution >= 0.6 is 0 Å². The van der Waals surface area contributed by atoms with Crippen molar-refractivity contribution >= 4 is 21.4 Å². The molecule has 4 rings (SSSR count). The molecule has 0 spiro atoms. The predicted molar refractivity (Wildman–Crippen MR) is 79.7 cm³/mol. The van der Waals surface area contributed by atoms with E-state index < -0.39 is 9.84 Å². The van der Waals surface area contributed by atoms with Crippen molar-refractivity contribution in [2.75, 3.05) is 5.32 Å². The molecular formula is C16H19NO3S. The first-order chi connectivity index (χ1) is 10.0. The molecular weight excluding hydrogens is 286 g/mol. The Morgan fingerprint density at radius 3 is 2.19 bits per heavy atom. The van der Waals surface area contributed by atoms with Crippen molar-refractivity contribution in [3.63, 3.8) is 0 Å². The van der Waals surface area contributed by atoms with Crippen LogP contribution in [0.5, 0.6) is 0 Å². The highest BCUT2D eigenvalue weighted by Crippen LogP contribution is 2.75. The van der Waals surface area contributed by atoms with Gasteiger partial charge in [0.1, 0.15) is 0 Å². The molecule has 0 radical (unpaired) electrons. The SMILES string of the molecule is O=C(Nc1ccc(S(=O)(=O)C2CCCC2)cc1)C12CC1C2. The van der Waals surface area contributed by atoms with E-state index in [-0.39, 0.29) is 16.6 Å². The monoisotopic (exact) mass is 305 g/mol. The Morgan fingerprint density at radius 1 is 1.10 bits per heavy atom. The molecule has 1 aromatic rings. The molecule has 0 unspecified atom stereocenters. The quantitative estimate of drug-likeness (QED) is 0.930. The number of hydrogen-bond acceptors (Lipinski definition) is 3. The molecule has 3 aliphatic carbocycles. The fourth-order valence-electron chi connectivity index (χ4n) is 3.45. The summed E-state index contributed by atoms with van der Waals surface area (Å²) in [5.41, 5.74) is 0.631. The third-order valence-electron chi connectivity index (χ3n) is 5.32. The van der Waals surface area contributed by atoms with Gasteiger partial charge in [0.2, 0.25) is 5.91 Å². The van der Waals surface area contributed by atoms with Crippen LogP contribution in [-0.4, -0.2) is 19.6 Å². The van der Waals surface area contributed by atoms with E-state index in [1.807, 2.05) is 0 Å². The largest absolute Gasteiger partial charge is 0.326 e. The summed E-state index contributed by atoms with van der Waals surface area (Å²) in [5, 5.41) is 2.67. The number of rotatable bonds is 4. The molecule has 1 N–H and O–H groups in total. The van der Waals surface area contributed by atoms with Gasteiger partial charge in [-0.15, -0.1) is 0 Å². The summed E-state index contributed by atoms with van der Waals surface area (Å²) < 4.78 is 24.9. The summed E-state index contributed by atoms with van der Waals surface area (Å²) in [4.78, 5) is 12.4. The van der Waals surface area contributed by atoms with Gasteiger partial charge in [-0.2, -0.15) is 0 Å². The summed E-state index contributed by atoms with van der Waals surface area (Å²) in [6.45, 7) is 0. The van der Waals surface area contributed by atoms with Crippen molar-refractivity contribution in [3.8, 4) is 0 Å². The first kappa shape index (κ1) is 13.3. The molecule has 0 bridgehead atoms. The van der Waals surface area contributed by atoms with Gasteiger partial charge in [0.05, 0.1) is 15.6 Å². The zero-order chi connectivity index (χ0) is 14.7. The van der Waals surface area contributed by atoms with Gasteiger partial charge in [-0.3, -0.25) is 4.79 Å². The number of fused-ring (bicyclic) bond motifs is 1. The normalized spacial score (nSPS) is 30.8. The highest BCUT2D eigenvalue weighted by atomic mass is 32.2. The molecule has 3 saturated carbocycles. The lowest BCUT2D eigenvalue weighted by Gasteiger charge is -2.12. The van der Waals surface area contributed by atoms with Crippen LogP contribution in [0, 0.1) is 11.3 Å². The van der Waals surface area contributed by atoms with Crippen LogP contribution in [0.2, 0.25) is 0 Å². The minimum atomic E-state index is -3.20. The van der Waals surface area contributed by atoms with Crippen LogP contribution in [-0.2, 0) is 14.6 Å². The molecule has 112 valence electrons. The van der Waals surface area contributed by atoms with Crippen molar-refractivity contribution in [2.45, 2.75) is 48.7 Å². The van der Waals surface area contributed by atoms with E-state index in [1.54, 1.807) is 24.3 Å². The van der Waals surface area contributed by atoms with E-state index in [0.29, 0.717) is 16.5 Å². The zero-order valence-electron chi connectivity index (χ0n) is 11.8. The van der Waals surface area contributed by atoms with Crippen LogP contribution < -0.4 is 5.32 Å². The Bertz CT molecular complexity index is 681. The van der Waals surface area contributed by atoms with E-state index in [1.165, 1.54) is 0 Å². The lowest BCUT2D eigenvalue weighted by molar-refractivity contribution is -0.119. The molecule has 1 amide bonds. The summed E-state index contributed by atoms with van der Waals surface area (Å²) >= 11 is 0. The number of amides is 1. The third kappa shape index (κ3) is 2.09. The van der Waals surface area contributed by atoms with Gasteiger partial charge in [-0.25, -0.2) is 8.42 Å². The highest BCUT2D eigenvalue weighted by Gasteiger charge is 2.74. The molecule has 1 aromatic carbocycles. The van der Waals surface area contributed by atoms with Gasteiger partial charge in [-0.05, 0) is 55.9 Å². The molecule has 4 nitrogen and oxygen atoms in total. The van der Waals surface area contributed by atoms with Crippen LogP contribution in [0.4, 0.5) is 5.69 Å². The minimum Gasteiger partial charge on any atom is -0.326 e. The van der Waals surface area contributed by atoms with E-state index in [9.17, 15) is 13.2 Å². The smallest absolute Gasteiger partial charge is 0.230 e. The molecule has 3 fully saturated rings. The number of anilines is 1. The van der Waals surface area contributed by atoms with E-state index in [0.717, 1.165) is 38.5 Å². The van der Waals surface area contributed by atoms with Gasteiger partial charge in [0.15, 0.2) is 9.84 Å². The topological polar surface area (TPSA) is 63.2 Å². The number of hydrogen-bond donors (Lipinski definition) is 1. The van der Waals surface area contributed by atoms with Crippen LogP contribution in [0.15, 0.2) is 29.2 Å². The Morgan fingerprint density at radius 2 is 1.67 bits per heavy atom. The average Bonchev–Trinajstić information content (AvgIpc) is 3.24. The molecule has 3 aliphatic rings. The Balaban J connectivity index is 1.49. The maximum absolute atomic E-state index is 12.5. The number of carbonyl (C=O) groups is 1. The Kier molecular flexibility index (Phi) is 2.74. The lowest BCUT2D eigenvalue weighted by Crippen LogP contribution is -2.19. The van der Waals surface area contributed by atoms with Gasteiger partial charge >= 0.3 is 0 Å². The van der Waals surface area contributed by atoms with E-state index >= 15 is 0 Å². The van der Waals surface area contributed by atoms with Crippen LogP contribution in [0.1, 0.15) is 38.5 Å². The Hall–Kier alpha value is -1.36. The van der Waals surface area contributed by atoms with E-state index in [2.05, 4.69) is 5.32 Å². The fourth-order valence-corrected chi connectivity index (χ4v) is 5.30. The summed E-state index contributed by atoms with van der Waals surface area (Å²) in [6, 6.07) is 6.66. The van der Waals surface area contributed by atoms with Crippen LogP contribution in [0.25, 0.3) is 0 Å². The average molecular weight is 305 g/mol. The second-order valence-electron chi connectivity index (χ2n) is 6.69. The summed E-state index contributed by atoms with van der Waals surface area (Å²) in [7, 11) is -3.20. The highest BCUT2D eigenvalue weighted by molar-refractivity contribution is 7.92. The van der Waals surface area contributed by atoms with Crippen molar-refractivity contribution < 1.29 is 13.2 Å². The fraction of sp³-hybridized carbons (Fsp3) is 0.562. The molecule has 0 aromatic heterocycles. The van der Waals surface area contributed by atoms with Crippen molar-refractivity contribution in [1.82, 2.24) is 0 Å². The van der Waals surface area contributed by atoms with Gasteiger partial charge in [0, 0.05) is 5.69 Å². The van der Waals surface area contributed by atoms with Crippen molar-refractivity contribution in [3.05, 3.63) is 24.3 Å². The predicted octanol–water partition coefficient (Wildman–Crippen LogP) is 2.75. The number of benzene rings is 1. The van der Waals surface area contributed by atoms with Crippen molar-refractivity contribution in [1.29, 1.82) is 0 Å². The summed E-state index contributed by atoms with van der Waals surface area (Å²) in [5.74, 6) is 0.707. The second kappa shape index (κ2) is 4.32. The number of nitrogens with one attached hydrogen (secondary N) is 1. The lowest BCUT2D eigenvalue weighted by atomic mass is 10.2. The number of carbonyl (C=O) groups excluding carboxylic acids is 1. The standard InChI is InChI=1S/C16H19NO3S/c18-15(16-9-11(16)10-16)17-12-5-7-14(8-6-12)21(19,20)13-3-1-2-4-13/h5-8,11,13H,1-4,9-10H2,(H,17,18). The second-order valence-corrected chi connectivity index (χ2v) is 8.92. The van der Waals surface area contributed by atoms with Crippen molar-refractivity contribution in [2.24, 2.45) is 11.3 Å². The van der Waals surface area contributed by atoms with Crippen LogP contribution in [0.3, 0.4) is 0 Å². The Labute approximate surface area is 124 Å². The maximum atomic E-state index is 12.5. The molecule has 0 heterocycles. The maximum Gasteiger partial charge on any atom is 0.230 e. The van der Waals surface area contributed by atoms with E-state index in [4.69, 9.17) is 0 Å². The minimum absolute atomic E-state index is 0.0609. The van der Waals surface area contributed by atoms with Gasteiger partial charge in [0.25, 0.3) is 0 Å². The van der Waals surface area contributed by atoms with Gasteiger partial charge < -0.3 is 5.32 Å². The molecule has 0 saturated heterocycles. The molecule has 5 heteroatoms. The molecule has 0 aliphatic heterocycles.